The normalized spacial score (nSPS) is 12.2. The van der Waals surface area contributed by atoms with Crippen molar-refractivity contribution in [2.45, 2.75) is 6.04 Å². The van der Waals surface area contributed by atoms with E-state index in [0.717, 1.165) is 5.56 Å². The molecular weight excluding hydrogens is 287 g/mol. The SMILES string of the molecule is COc1ccc(C(NN)c2cccc(Cl)c2Cl)nn1. The molecule has 5 nitrogen and oxygen atoms in total. The van der Waals surface area contributed by atoms with Crippen LogP contribution in [0.15, 0.2) is 30.3 Å². The van der Waals surface area contributed by atoms with Gasteiger partial charge in [0.1, 0.15) is 0 Å². The van der Waals surface area contributed by atoms with E-state index in [1.807, 2.05) is 6.07 Å². The number of rotatable bonds is 4. The molecule has 100 valence electrons. The van der Waals surface area contributed by atoms with E-state index in [9.17, 15) is 0 Å². The number of hydrogen-bond acceptors (Lipinski definition) is 5. The highest BCUT2D eigenvalue weighted by atomic mass is 35.5. The molecule has 2 aromatic rings. The van der Waals surface area contributed by atoms with Crippen molar-refractivity contribution in [3.05, 3.63) is 51.6 Å². The number of nitrogens with one attached hydrogen (secondary N) is 1. The average molecular weight is 299 g/mol. The topological polar surface area (TPSA) is 73.1 Å². The van der Waals surface area contributed by atoms with E-state index in [1.54, 1.807) is 24.3 Å². The van der Waals surface area contributed by atoms with Crippen molar-refractivity contribution in [1.29, 1.82) is 0 Å². The summed E-state index contributed by atoms with van der Waals surface area (Å²) in [4.78, 5) is 0. The maximum absolute atomic E-state index is 6.17. The lowest BCUT2D eigenvalue weighted by atomic mass is 10.0. The summed E-state index contributed by atoms with van der Waals surface area (Å²) in [6, 6.07) is 8.39. The van der Waals surface area contributed by atoms with E-state index in [1.165, 1.54) is 7.11 Å². The number of halogens is 2. The molecule has 1 unspecified atom stereocenters. The Kier molecular flexibility index (Phi) is 4.55. The predicted molar refractivity (Wildman–Crippen MR) is 74.2 cm³/mol. The Morgan fingerprint density at radius 3 is 2.58 bits per heavy atom. The van der Waals surface area contributed by atoms with Gasteiger partial charge < -0.3 is 4.74 Å². The number of nitrogens with two attached hydrogens (primary N) is 1. The van der Waals surface area contributed by atoms with Gasteiger partial charge in [0.05, 0.1) is 28.9 Å². The Labute approximate surface area is 120 Å². The molecule has 0 saturated heterocycles. The van der Waals surface area contributed by atoms with Crippen LogP contribution in [0.3, 0.4) is 0 Å². The van der Waals surface area contributed by atoms with E-state index in [0.29, 0.717) is 21.6 Å². The summed E-state index contributed by atoms with van der Waals surface area (Å²) in [5.74, 6) is 6.00. The van der Waals surface area contributed by atoms with Crippen LogP contribution in [0, 0.1) is 0 Å². The fourth-order valence-corrected chi connectivity index (χ4v) is 2.09. The number of nitrogens with zero attached hydrogens (tertiary/aromatic N) is 2. The number of hydrogen-bond donors (Lipinski definition) is 2. The van der Waals surface area contributed by atoms with Gasteiger partial charge in [-0.15, -0.1) is 10.2 Å². The van der Waals surface area contributed by atoms with Gasteiger partial charge in [-0.05, 0) is 17.7 Å². The monoisotopic (exact) mass is 298 g/mol. The predicted octanol–water partition coefficient (Wildman–Crippen LogP) is 2.34. The molecule has 0 amide bonds. The number of benzene rings is 1. The fraction of sp³-hybridized carbons (Fsp3) is 0.167. The zero-order valence-corrected chi connectivity index (χ0v) is 11.6. The van der Waals surface area contributed by atoms with Crippen molar-refractivity contribution in [3.63, 3.8) is 0 Å². The molecule has 1 aromatic carbocycles. The molecule has 0 fully saturated rings. The average Bonchev–Trinajstić information content (AvgIpc) is 2.45. The molecule has 1 atom stereocenters. The first-order chi connectivity index (χ1) is 9.17. The lowest BCUT2D eigenvalue weighted by Gasteiger charge is -2.17. The Balaban J connectivity index is 2.40. The van der Waals surface area contributed by atoms with Crippen molar-refractivity contribution in [2.24, 2.45) is 5.84 Å². The lowest BCUT2D eigenvalue weighted by Crippen LogP contribution is -2.30. The van der Waals surface area contributed by atoms with Gasteiger partial charge in [-0.2, -0.15) is 0 Å². The molecule has 0 radical (unpaired) electrons. The second kappa shape index (κ2) is 6.16. The Bertz CT molecular complexity index is 562. The van der Waals surface area contributed by atoms with Crippen LogP contribution in [-0.2, 0) is 0 Å². The first-order valence-electron chi connectivity index (χ1n) is 5.45. The Morgan fingerprint density at radius 1 is 1.21 bits per heavy atom. The second-order valence-electron chi connectivity index (χ2n) is 3.74. The Hall–Kier alpha value is -1.40. The highest BCUT2D eigenvalue weighted by Crippen LogP contribution is 2.32. The van der Waals surface area contributed by atoms with Crippen LogP contribution in [0.1, 0.15) is 17.3 Å². The zero-order valence-electron chi connectivity index (χ0n) is 10.1. The van der Waals surface area contributed by atoms with E-state index in [4.69, 9.17) is 33.8 Å². The highest BCUT2D eigenvalue weighted by molar-refractivity contribution is 6.42. The smallest absolute Gasteiger partial charge is 0.233 e. The van der Waals surface area contributed by atoms with Crippen molar-refractivity contribution >= 4 is 23.2 Å². The van der Waals surface area contributed by atoms with Crippen LogP contribution in [-0.4, -0.2) is 17.3 Å². The molecule has 2 rings (SSSR count). The summed E-state index contributed by atoms with van der Waals surface area (Å²) in [5.41, 5.74) is 4.00. The summed E-state index contributed by atoms with van der Waals surface area (Å²) >= 11 is 12.2. The molecule has 0 aliphatic rings. The lowest BCUT2D eigenvalue weighted by molar-refractivity contribution is 0.390. The van der Waals surface area contributed by atoms with Gasteiger partial charge in [0.25, 0.3) is 0 Å². The molecule has 1 heterocycles. The van der Waals surface area contributed by atoms with Crippen LogP contribution in [0.25, 0.3) is 0 Å². The van der Waals surface area contributed by atoms with Crippen molar-refractivity contribution in [2.75, 3.05) is 7.11 Å². The molecule has 3 N–H and O–H groups in total. The quantitative estimate of drug-likeness (QED) is 0.669. The number of ether oxygens (including phenoxy) is 1. The molecular formula is C12H12Cl2N4O. The summed E-state index contributed by atoms with van der Waals surface area (Å²) in [6.45, 7) is 0. The molecule has 0 aliphatic carbocycles. The van der Waals surface area contributed by atoms with Crippen molar-refractivity contribution in [3.8, 4) is 5.88 Å². The first kappa shape index (κ1) is 14.0. The standard InChI is InChI=1S/C12H12Cl2N4O/c1-19-10-6-5-9(17-18-10)12(16-15)7-3-2-4-8(13)11(7)14/h2-6,12,16H,15H2,1H3. The minimum atomic E-state index is -0.399. The van der Waals surface area contributed by atoms with Crippen LogP contribution in [0.5, 0.6) is 5.88 Å². The molecule has 0 spiro atoms. The molecule has 0 aliphatic heterocycles. The zero-order chi connectivity index (χ0) is 13.8. The van der Waals surface area contributed by atoms with E-state index in [-0.39, 0.29) is 0 Å². The third-order valence-corrected chi connectivity index (χ3v) is 3.46. The molecule has 7 heteroatoms. The number of hydrazine groups is 1. The third kappa shape index (κ3) is 2.96. The minimum absolute atomic E-state index is 0.399. The maximum Gasteiger partial charge on any atom is 0.233 e. The Morgan fingerprint density at radius 2 is 2.00 bits per heavy atom. The van der Waals surface area contributed by atoms with Crippen LogP contribution in [0.2, 0.25) is 10.0 Å². The third-order valence-electron chi connectivity index (χ3n) is 2.62. The van der Waals surface area contributed by atoms with Gasteiger partial charge in [0.15, 0.2) is 0 Å². The highest BCUT2D eigenvalue weighted by Gasteiger charge is 2.18. The summed E-state index contributed by atoms with van der Waals surface area (Å²) < 4.78 is 4.96. The summed E-state index contributed by atoms with van der Waals surface area (Å²) in [6.07, 6.45) is 0. The van der Waals surface area contributed by atoms with Crippen molar-refractivity contribution < 1.29 is 4.74 Å². The number of methoxy groups -OCH3 is 1. The minimum Gasteiger partial charge on any atom is -0.480 e. The van der Waals surface area contributed by atoms with Gasteiger partial charge in [0.2, 0.25) is 5.88 Å². The van der Waals surface area contributed by atoms with Gasteiger partial charge in [-0.3, -0.25) is 5.84 Å². The number of aromatic nitrogens is 2. The van der Waals surface area contributed by atoms with Crippen LogP contribution < -0.4 is 16.0 Å². The van der Waals surface area contributed by atoms with Gasteiger partial charge >= 0.3 is 0 Å². The van der Waals surface area contributed by atoms with Gasteiger partial charge in [-0.25, -0.2) is 5.43 Å². The first-order valence-corrected chi connectivity index (χ1v) is 6.20. The molecule has 19 heavy (non-hydrogen) atoms. The fourth-order valence-electron chi connectivity index (χ4n) is 1.67. The molecule has 1 aromatic heterocycles. The van der Waals surface area contributed by atoms with E-state index < -0.39 is 6.04 Å². The van der Waals surface area contributed by atoms with E-state index in [2.05, 4.69) is 15.6 Å². The van der Waals surface area contributed by atoms with Crippen molar-refractivity contribution in [1.82, 2.24) is 15.6 Å². The van der Waals surface area contributed by atoms with Crippen LogP contribution in [0.4, 0.5) is 0 Å². The largest absolute Gasteiger partial charge is 0.480 e. The summed E-state index contributed by atoms with van der Waals surface area (Å²) in [7, 11) is 1.52. The summed E-state index contributed by atoms with van der Waals surface area (Å²) in [5, 5.41) is 8.84. The molecule has 0 saturated carbocycles. The maximum atomic E-state index is 6.17. The van der Waals surface area contributed by atoms with Gasteiger partial charge in [0, 0.05) is 6.07 Å². The van der Waals surface area contributed by atoms with E-state index >= 15 is 0 Å². The van der Waals surface area contributed by atoms with Crippen LogP contribution >= 0.6 is 23.2 Å². The molecule has 0 bridgehead atoms. The van der Waals surface area contributed by atoms with Gasteiger partial charge in [-0.1, -0.05) is 35.3 Å². The second-order valence-corrected chi connectivity index (χ2v) is 4.53.